The van der Waals surface area contributed by atoms with Gasteiger partial charge in [-0.25, -0.2) is 4.98 Å². The molecule has 0 saturated carbocycles. The molecule has 0 bridgehead atoms. The molecule has 0 fully saturated rings. The normalized spacial score (nSPS) is 12.3. The number of anilines is 1. The summed E-state index contributed by atoms with van der Waals surface area (Å²) in [5, 5.41) is 3.55. The number of nitrogens with two attached hydrogens (primary N) is 1. The number of carbonyl (C=O) groups is 1. The number of rotatable bonds is 4. The third kappa shape index (κ3) is 3.11. The van der Waals surface area contributed by atoms with Crippen LogP contribution in [0.2, 0.25) is 5.02 Å². The van der Waals surface area contributed by atoms with Gasteiger partial charge in [-0.15, -0.1) is 11.3 Å². The van der Waals surface area contributed by atoms with Gasteiger partial charge in [0.1, 0.15) is 0 Å². The average molecular weight is 332 g/mol. The molecule has 6 heteroatoms. The van der Waals surface area contributed by atoms with Gasteiger partial charge in [0.25, 0.3) is 0 Å². The van der Waals surface area contributed by atoms with Gasteiger partial charge in [0, 0.05) is 17.3 Å². The van der Waals surface area contributed by atoms with Crippen molar-refractivity contribution in [3.8, 4) is 0 Å². The molecule has 1 aromatic heterocycles. The van der Waals surface area contributed by atoms with Crippen LogP contribution in [0.15, 0.2) is 48.0 Å². The van der Waals surface area contributed by atoms with Crippen molar-refractivity contribution in [2.45, 2.75) is 5.92 Å². The lowest BCUT2D eigenvalue weighted by atomic mass is 9.98. The van der Waals surface area contributed by atoms with Crippen molar-refractivity contribution in [3.63, 3.8) is 0 Å². The van der Waals surface area contributed by atoms with E-state index < -0.39 is 5.92 Å². The molecular formula is C16H14ClN3OS. The van der Waals surface area contributed by atoms with Crippen LogP contribution >= 0.6 is 22.9 Å². The van der Waals surface area contributed by atoms with Gasteiger partial charge in [-0.3, -0.25) is 4.79 Å². The van der Waals surface area contributed by atoms with Gasteiger partial charge in [-0.1, -0.05) is 23.7 Å². The zero-order valence-electron chi connectivity index (χ0n) is 11.6. The molecule has 0 spiro atoms. The Balaban J connectivity index is 1.80. The monoisotopic (exact) mass is 331 g/mol. The minimum absolute atomic E-state index is 0.131. The van der Waals surface area contributed by atoms with Crippen LogP contribution in [0.4, 0.5) is 5.69 Å². The van der Waals surface area contributed by atoms with Crippen LogP contribution in [0, 0.1) is 0 Å². The number of nitrogens with zero attached hydrogens (tertiary/aromatic N) is 1. The molecule has 3 aromatic rings. The van der Waals surface area contributed by atoms with Gasteiger partial charge in [-0.05, 0) is 35.9 Å². The topological polar surface area (TPSA) is 68.0 Å². The van der Waals surface area contributed by atoms with E-state index in [1.165, 1.54) is 11.3 Å². The highest BCUT2D eigenvalue weighted by atomic mass is 35.5. The van der Waals surface area contributed by atoms with Crippen LogP contribution in [-0.4, -0.2) is 17.4 Å². The molecule has 0 radical (unpaired) electrons. The maximum atomic E-state index is 12.5. The van der Waals surface area contributed by atoms with Crippen molar-refractivity contribution in [3.05, 3.63) is 58.6 Å². The Morgan fingerprint density at radius 3 is 2.77 bits per heavy atom. The van der Waals surface area contributed by atoms with Crippen LogP contribution in [0.1, 0.15) is 11.5 Å². The number of nitrogens with one attached hydrogen (secondary N) is 1. The fourth-order valence-corrected chi connectivity index (χ4v) is 3.09. The number of hydrogen-bond donors (Lipinski definition) is 2. The molecule has 1 unspecified atom stereocenters. The molecule has 3 rings (SSSR count). The Hall–Kier alpha value is -1.95. The van der Waals surface area contributed by atoms with E-state index in [9.17, 15) is 4.79 Å². The molecule has 1 heterocycles. The lowest BCUT2D eigenvalue weighted by molar-refractivity contribution is -0.117. The highest BCUT2D eigenvalue weighted by molar-refractivity contribution is 7.16. The maximum Gasteiger partial charge on any atom is 0.233 e. The summed E-state index contributed by atoms with van der Waals surface area (Å²) in [7, 11) is 0. The Morgan fingerprint density at radius 1 is 1.27 bits per heavy atom. The van der Waals surface area contributed by atoms with Gasteiger partial charge >= 0.3 is 0 Å². The molecule has 2 aromatic carbocycles. The first-order valence-electron chi connectivity index (χ1n) is 6.77. The molecule has 1 atom stereocenters. The molecule has 4 nitrogen and oxygen atoms in total. The number of amides is 1. The third-order valence-corrected chi connectivity index (χ3v) is 4.47. The van der Waals surface area contributed by atoms with E-state index in [1.54, 1.807) is 17.6 Å². The van der Waals surface area contributed by atoms with E-state index in [4.69, 9.17) is 17.3 Å². The average Bonchev–Trinajstić information content (AvgIpc) is 2.97. The summed E-state index contributed by atoms with van der Waals surface area (Å²) in [6, 6.07) is 12.8. The number of thiazole rings is 1. The maximum absolute atomic E-state index is 12.5. The van der Waals surface area contributed by atoms with Crippen molar-refractivity contribution < 1.29 is 4.79 Å². The molecular weight excluding hydrogens is 318 g/mol. The SMILES string of the molecule is NCC(C(=O)Nc1ccc2ncsc2c1)c1ccc(Cl)cc1. The third-order valence-electron chi connectivity index (χ3n) is 3.42. The number of benzene rings is 2. The van der Waals surface area contributed by atoms with Crippen LogP contribution in [-0.2, 0) is 4.79 Å². The second kappa shape index (κ2) is 6.44. The lowest BCUT2D eigenvalue weighted by Gasteiger charge is -2.15. The van der Waals surface area contributed by atoms with Crippen LogP contribution in [0.25, 0.3) is 10.2 Å². The van der Waals surface area contributed by atoms with Crippen molar-refractivity contribution in [2.24, 2.45) is 5.73 Å². The summed E-state index contributed by atoms with van der Waals surface area (Å²) in [4.78, 5) is 16.7. The highest BCUT2D eigenvalue weighted by Gasteiger charge is 2.19. The molecule has 22 heavy (non-hydrogen) atoms. The fourth-order valence-electron chi connectivity index (χ4n) is 2.25. The van der Waals surface area contributed by atoms with E-state index in [0.717, 1.165) is 21.5 Å². The molecule has 0 aliphatic carbocycles. The molecule has 0 aliphatic heterocycles. The van der Waals surface area contributed by atoms with Crippen molar-refractivity contribution >= 4 is 44.7 Å². The number of fused-ring (bicyclic) bond motifs is 1. The summed E-state index contributed by atoms with van der Waals surface area (Å²) in [5.41, 5.74) is 10.1. The minimum atomic E-state index is -0.408. The number of hydrogen-bond acceptors (Lipinski definition) is 4. The summed E-state index contributed by atoms with van der Waals surface area (Å²) in [5.74, 6) is -0.539. The second-order valence-corrected chi connectivity index (χ2v) is 6.19. The fraction of sp³-hybridized carbons (Fsp3) is 0.125. The Morgan fingerprint density at radius 2 is 2.05 bits per heavy atom. The predicted molar refractivity (Wildman–Crippen MR) is 91.5 cm³/mol. The predicted octanol–water partition coefficient (Wildman–Crippen LogP) is 3.63. The zero-order valence-corrected chi connectivity index (χ0v) is 13.2. The number of aromatic nitrogens is 1. The van der Waals surface area contributed by atoms with E-state index in [1.807, 2.05) is 30.3 Å². The highest BCUT2D eigenvalue weighted by Crippen LogP contribution is 2.24. The summed E-state index contributed by atoms with van der Waals surface area (Å²) >= 11 is 7.42. The van der Waals surface area contributed by atoms with E-state index in [2.05, 4.69) is 10.3 Å². The molecule has 112 valence electrons. The zero-order chi connectivity index (χ0) is 15.5. The van der Waals surface area contributed by atoms with Gasteiger partial charge in [-0.2, -0.15) is 0 Å². The Kier molecular flexibility index (Phi) is 4.38. The molecule has 3 N–H and O–H groups in total. The van der Waals surface area contributed by atoms with E-state index in [0.29, 0.717) is 5.02 Å². The number of carbonyl (C=O) groups excluding carboxylic acids is 1. The minimum Gasteiger partial charge on any atom is -0.329 e. The standard InChI is InChI=1S/C16H14ClN3OS/c17-11-3-1-10(2-4-11)13(8-18)16(21)20-12-5-6-14-15(7-12)22-9-19-14/h1-7,9,13H,8,18H2,(H,20,21). The van der Waals surface area contributed by atoms with Gasteiger partial charge in [0.2, 0.25) is 5.91 Å². The van der Waals surface area contributed by atoms with Gasteiger partial charge in [0.15, 0.2) is 0 Å². The Bertz CT molecular complexity index is 801. The molecule has 0 saturated heterocycles. The van der Waals surface area contributed by atoms with Crippen LogP contribution in [0.5, 0.6) is 0 Å². The first-order valence-corrected chi connectivity index (χ1v) is 8.03. The van der Waals surface area contributed by atoms with Gasteiger partial charge in [0.05, 0.1) is 21.6 Å². The summed E-state index contributed by atoms with van der Waals surface area (Å²) < 4.78 is 1.04. The molecule has 0 aliphatic rings. The van der Waals surface area contributed by atoms with E-state index in [-0.39, 0.29) is 12.5 Å². The summed E-state index contributed by atoms with van der Waals surface area (Å²) in [6.07, 6.45) is 0. The lowest BCUT2D eigenvalue weighted by Crippen LogP contribution is -2.27. The largest absolute Gasteiger partial charge is 0.329 e. The smallest absolute Gasteiger partial charge is 0.233 e. The molecule has 1 amide bonds. The quantitative estimate of drug-likeness (QED) is 0.767. The Labute approximate surface area is 136 Å². The second-order valence-electron chi connectivity index (χ2n) is 4.86. The van der Waals surface area contributed by atoms with Crippen molar-refractivity contribution in [2.75, 3.05) is 11.9 Å². The van der Waals surface area contributed by atoms with E-state index >= 15 is 0 Å². The van der Waals surface area contributed by atoms with Crippen LogP contribution < -0.4 is 11.1 Å². The first-order chi connectivity index (χ1) is 10.7. The summed E-state index contributed by atoms with van der Waals surface area (Å²) in [6.45, 7) is 0.232. The van der Waals surface area contributed by atoms with Gasteiger partial charge < -0.3 is 11.1 Å². The van der Waals surface area contributed by atoms with Crippen molar-refractivity contribution in [1.29, 1.82) is 0 Å². The number of halogens is 1. The van der Waals surface area contributed by atoms with Crippen molar-refractivity contribution in [1.82, 2.24) is 4.98 Å². The van der Waals surface area contributed by atoms with Crippen LogP contribution in [0.3, 0.4) is 0 Å². The first kappa shape index (κ1) is 15.0.